The summed E-state index contributed by atoms with van der Waals surface area (Å²) in [6.07, 6.45) is -0.818. The third-order valence-electron chi connectivity index (χ3n) is 2.89. The highest BCUT2D eigenvalue weighted by molar-refractivity contribution is 9.10. The minimum absolute atomic E-state index is 0.455. The van der Waals surface area contributed by atoms with Gasteiger partial charge in [0.25, 0.3) is 0 Å². The Morgan fingerprint density at radius 3 is 2.43 bits per heavy atom. The minimum Gasteiger partial charge on any atom is -0.495 e. The number of halogens is 1. The van der Waals surface area contributed by atoms with Gasteiger partial charge in [-0.1, -0.05) is 30.3 Å². The van der Waals surface area contributed by atoms with Gasteiger partial charge in [-0.3, -0.25) is 0 Å². The molecule has 0 saturated carbocycles. The van der Waals surface area contributed by atoms with Crippen molar-refractivity contribution in [2.45, 2.75) is 6.10 Å². The van der Waals surface area contributed by atoms with E-state index in [-0.39, 0.29) is 0 Å². The third-order valence-corrected chi connectivity index (χ3v) is 3.55. The van der Waals surface area contributed by atoms with E-state index in [1.165, 1.54) is 7.11 Å². The highest BCUT2D eigenvalue weighted by Crippen LogP contribution is 2.31. The first kappa shape index (κ1) is 15.4. The zero-order chi connectivity index (χ0) is 15.2. The molecular formula is C16H15BrO4. The molecule has 0 amide bonds. The lowest BCUT2D eigenvalue weighted by Crippen LogP contribution is -2.20. The van der Waals surface area contributed by atoms with Gasteiger partial charge in [0.1, 0.15) is 11.5 Å². The average molecular weight is 351 g/mol. The second-order valence-corrected chi connectivity index (χ2v) is 5.08. The molecule has 0 aliphatic carbocycles. The van der Waals surface area contributed by atoms with Crippen LogP contribution in [0.1, 0.15) is 11.7 Å². The summed E-state index contributed by atoms with van der Waals surface area (Å²) in [5, 5.41) is 0. The van der Waals surface area contributed by atoms with Gasteiger partial charge in [0.05, 0.1) is 18.7 Å². The number of benzene rings is 2. The van der Waals surface area contributed by atoms with Gasteiger partial charge in [-0.05, 0) is 28.1 Å². The molecule has 2 aromatic carbocycles. The van der Waals surface area contributed by atoms with E-state index in [1.54, 1.807) is 25.3 Å². The second kappa shape index (κ2) is 7.13. The normalized spacial score (nSPS) is 11.6. The van der Waals surface area contributed by atoms with Crippen molar-refractivity contribution in [1.82, 2.24) is 0 Å². The molecule has 0 heterocycles. The molecule has 5 heteroatoms. The Morgan fingerprint density at radius 1 is 1.10 bits per heavy atom. The fourth-order valence-corrected chi connectivity index (χ4v) is 2.25. The first-order valence-electron chi connectivity index (χ1n) is 6.28. The molecule has 0 N–H and O–H groups in total. The van der Waals surface area contributed by atoms with Crippen LogP contribution in [0.25, 0.3) is 0 Å². The number of carbonyl (C=O) groups excluding carboxylic acids is 1. The lowest BCUT2D eigenvalue weighted by molar-refractivity contribution is -0.149. The predicted molar refractivity (Wildman–Crippen MR) is 82.5 cm³/mol. The van der Waals surface area contributed by atoms with Crippen LogP contribution >= 0.6 is 15.9 Å². The number of carbonyl (C=O) groups is 1. The summed E-state index contributed by atoms with van der Waals surface area (Å²) in [6.45, 7) is 0. The van der Waals surface area contributed by atoms with E-state index in [1.807, 2.05) is 30.3 Å². The number of hydrogen-bond donors (Lipinski definition) is 0. The van der Waals surface area contributed by atoms with Crippen molar-refractivity contribution in [1.29, 1.82) is 0 Å². The second-order valence-electron chi connectivity index (χ2n) is 4.23. The molecule has 0 radical (unpaired) electrons. The van der Waals surface area contributed by atoms with E-state index in [9.17, 15) is 4.79 Å². The SMILES string of the molecule is COC(=O)C(Oc1ccc(Br)c(OC)c1)c1ccccc1. The quantitative estimate of drug-likeness (QED) is 0.770. The summed E-state index contributed by atoms with van der Waals surface area (Å²) < 4.78 is 16.6. The molecule has 21 heavy (non-hydrogen) atoms. The van der Waals surface area contributed by atoms with Crippen LogP contribution in [-0.2, 0) is 9.53 Å². The largest absolute Gasteiger partial charge is 0.495 e. The van der Waals surface area contributed by atoms with Crippen molar-refractivity contribution in [2.75, 3.05) is 14.2 Å². The Bertz CT molecular complexity index is 613. The van der Waals surface area contributed by atoms with Gasteiger partial charge in [-0.2, -0.15) is 0 Å². The summed E-state index contributed by atoms with van der Waals surface area (Å²) in [4.78, 5) is 12.0. The van der Waals surface area contributed by atoms with E-state index in [2.05, 4.69) is 15.9 Å². The lowest BCUT2D eigenvalue weighted by Gasteiger charge is -2.18. The number of hydrogen-bond acceptors (Lipinski definition) is 4. The summed E-state index contributed by atoms with van der Waals surface area (Å²) in [7, 11) is 2.91. The zero-order valence-corrected chi connectivity index (χ0v) is 13.3. The fourth-order valence-electron chi connectivity index (χ4n) is 1.84. The van der Waals surface area contributed by atoms with Gasteiger partial charge < -0.3 is 14.2 Å². The van der Waals surface area contributed by atoms with Gasteiger partial charge in [0, 0.05) is 11.6 Å². The molecule has 0 fully saturated rings. The molecule has 1 atom stereocenters. The van der Waals surface area contributed by atoms with E-state index in [0.29, 0.717) is 11.5 Å². The Balaban J connectivity index is 2.29. The number of rotatable bonds is 5. The van der Waals surface area contributed by atoms with Crippen molar-refractivity contribution < 1.29 is 19.0 Å². The smallest absolute Gasteiger partial charge is 0.351 e. The van der Waals surface area contributed by atoms with Crippen molar-refractivity contribution >= 4 is 21.9 Å². The van der Waals surface area contributed by atoms with Gasteiger partial charge >= 0.3 is 5.97 Å². The number of ether oxygens (including phenoxy) is 3. The van der Waals surface area contributed by atoms with Crippen molar-refractivity contribution in [2.24, 2.45) is 0 Å². The molecule has 4 nitrogen and oxygen atoms in total. The zero-order valence-electron chi connectivity index (χ0n) is 11.7. The van der Waals surface area contributed by atoms with E-state index >= 15 is 0 Å². The molecule has 0 bridgehead atoms. The molecule has 0 spiro atoms. The van der Waals surface area contributed by atoms with E-state index < -0.39 is 12.1 Å². The van der Waals surface area contributed by atoms with Crippen LogP contribution in [0.15, 0.2) is 53.0 Å². The van der Waals surface area contributed by atoms with Crippen LogP contribution in [0, 0.1) is 0 Å². The lowest BCUT2D eigenvalue weighted by atomic mass is 10.1. The summed E-state index contributed by atoms with van der Waals surface area (Å²) in [5.41, 5.74) is 0.728. The van der Waals surface area contributed by atoms with Crippen LogP contribution in [0.5, 0.6) is 11.5 Å². The number of esters is 1. The highest BCUT2D eigenvalue weighted by Gasteiger charge is 2.23. The Hall–Kier alpha value is -2.01. The van der Waals surface area contributed by atoms with Gasteiger partial charge in [0.15, 0.2) is 0 Å². The molecule has 110 valence electrons. The maximum absolute atomic E-state index is 12.0. The molecule has 2 rings (SSSR count). The molecule has 2 aromatic rings. The van der Waals surface area contributed by atoms with Crippen LogP contribution < -0.4 is 9.47 Å². The third kappa shape index (κ3) is 3.76. The fraction of sp³-hybridized carbons (Fsp3) is 0.188. The summed E-state index contributed by atoms with van der Waals surface area (Å²) in [5.74, 6) is 0.696. The maximum atomic E-state index is 12.0. The topological polar surface area (TPSA) is 44.8 Å². The first-order chi connectivity index (χ1) is 10.2. The van der Waals surface area contributed by atoms with Crippen LogP contribution in [0.2, 0.25) is 0 Å². The molecule has 1 unspecified atom stereocenters. The molecule has 0 aliphatic rings. The molecule has 0 aromatic heterocycles. The minimum atomic E-state index is -0.818. The van der Waals surface area contributed by atoms with Crippen molar-refractivity contribution in [3.8, 4) is 11.5 Å². The number of methoxy groups -OCH3 is 2. The standard InChI is InChI=1S/C16H15BrO4/c1-19-14-10-12(8-9-13(14)17)21-15(16(18)20-2)11-6-4-3-5-7-11/h3-10,15H,1-2H3. The van der Waals surface area contributed by atoms with Crippen LogP contribution in [0.4, 0.5) is 0 Å². The van der Waals surface area contributed by atoms with Crippen LogP contribution in [-0.4, -0.2) is 20.2 Å². The summed E-state index contributed by atoms with van der Waals surface area (Å²) in [6, 6.07) is 14.5. The van der Waals surface area contributed by atoms with Gasteiger partial charge in [-0.25, -0.2) is 4.79 Å². The van der Waals surface area contributed by atoms with Crippen LogP contribution in [0.3, 0.4) is 0 Å². The monoisotopic (exact) mass is 350 g/mol. The molecular weight excluding hydrogens is 336 g/mol. The Morgan fingerprint density at radius 2 is 1.81 bits per heavy atom. The van der Waals surface area contributed by atoms with E-state index in [4.69, 9.17) is 14.2 Å². The Labute approximate surface area is 131 Å². The first-order valence-corrected chi connectivity index (χ1v) is 7.08. The van der Waals surface area contributed by atoms with E-state index in [0.717, 1.165) is 10.0 Å². The maximum Gasteiger partial charge on any atom is 0.351 e. The molecule has 0 aliphatic heterocycles. The predicted octanol–water partition coefficient (Wildman–Crippen LogP) is 3.75. The highest BCUT2D eigenvalue weighted by atomic mass is 79.9. The van der Waals surface area contributed by atoms with Gasteiger partial charge in [-0.15, -0.1) is 0 Å². The van der Waals surface area contributed by atoms with Crippen molar-refractivity contribution in [3.05, 3.63) is 58.6 Å². The van der Waals surface area contributed by atoms with Gasteiger partial charge in [0.2, 0.25) is 6.10 Å². The Kier molecular flexibility index (Phi) is 5.22. The molecule has 0 saturated heterocycles. The average Bonchev–Trinajstić information content (AvgIpc) is 2.54. The van der Waals surface area contributed by atoms with Crippen molar-refractivity contribution in [3.63, 3.8) is 0 Å². The summed E-state index contributed by atoms with van der Waals surface area (Å²) >= 11 is 3.37.